The Bertz CT molecular complexity index is 359. The lowest BCUT2D eigenvalue weighted by molar-refractivity contribution is -0.142. The molecule has 0 heterocycles. The van der Waals surface area contributed by atoms with E-state index in [1.807, 2.05) is 0 Å². The summed E-state index contributed by atoms with van der Waals surface area (Å²) in [5.41, 5.74) is -2.45. The van der Waals surface area contributed by atoms with Gasteiger partial charge in [-0.3, -0.25) is 0 Å². The smallest absolute Gasteiger partial charge is 0.209 e. The van der Waals surface area contributed by atoms with Crippen LogP contribution in [0.3, 0.4) is 0 Å². The Balaban J connectivity index is 3.49. The van der Waals surface area contributed by atoms with Crippen LogP contribution >= 0.6 is 0 Å². The van der Waals surface area contributed by atoms with Crippen molar-refractivity contribution in [3.8, 4) is 0 Å². The highest BCUT2D eigenvalue weighted by atomic mass is 19.4. The molecule has 0 saturated heterocycles. The van der Waals surface area contributed by atoms with E-state index in [1.54, 1.807) is 20.5 Å². The van der Waals surface area contributed by atoms with Gasteiger partial charge in [-0.2, -0.15) is 46.8 Å². The number of benzene rings is 1. The fraction of sp³-hybridized carbons (Fsp3) is 0.455. The molecular weight excluding hydrogens is 257 g/mol. The first-order valence-electron chi connectivity index (χ1n) is 5.39. The maximum absolute atomic E-state index is 12.6. The van der Waals surface area contributed by atoms with Crippen molar-refractivity contribution >= 4 is 11.6 Å². The summed E-state index contributed by atoms with van der Waals surface area (Å²) in [6, 6.07) is 1.72. The topological polar surface area (TPSA) is 0 Å². The number of rotatable bonds is 1. The molecule has 0 amide bonds. The Hall–Kier alpha value is -1.14. The lowest BCUT2D eigenvalue weighted by atomic mass is 9.26. The zero-order valence-corrected chi connectivity index (χ0v) is 10.1. The van der Waals surface area contributed by atoms with Gasteiger partial charge in [0.15, 0.2) is 0 Å². The van der Waals surface area contributed by atoms with Crippen molar-refractivity contribution in [2.45, 2.75) is 32.8 Å². The van der Waals surface area contributed by atoms with Crippen LogP contribution in [0.2, 0.25) is 20.5 Å². The van der Waals surface area contributed by atoms with Gasteiger partial charge >= 0.3 is 12.4 Å². The van der Waals surface area contributed by atoms with Gasteiger partial charge in [-0.1, -0.05) is 12.1 Å². The summed E-state index contributed by atoms with van der Waals surface area (Å²) in [4.78, 5) is 0. The van der Waals surface area contributed by atoms with Crippen LogP contribution in [0.4, 0.5) is 26.3 Å². The predicted octanol–water partition coefficient (Wildman–Crippen LogP) is 4.27. The maximum Gasteiger partial charge on any atom is 0.416 e. The standard InChI is InChI=1S/C11H12BF6/c1-12(2,3)9-5-7(10(13,14)15)4-8(6-9)11(16,17)18/h4-6H,1-3H3/q-1. The molecule has 102 valence electrons. The van der Waals surface area contributed by atoms with E-state index in [4.69, 9.17) is 0 Å². The van der Waals surface area contributed by atoms with E-state index in [2.05, 4.69) is 0 Å². The van der Waals surface area contributed by atoms with Crippen molar-refractivity contribution in [3.63, 3.8) is 0 Å². The summed E-state index contributed by atoms with van der Waals surface area (Å²) < 4.78 is 75.4. The molecule has 0 aromatic heterocycles. The van der Waals surface area contributed by atoms with Crippen LogP contribution in [0.25, 0.3) is 0 Å². The summed E-state index contributed by atoms with van der Waals surface area (Å²) in [6.45, 7) is 4.86. The molecule has 1 rings (SSSR count). The minimum atomic E-state index is -4.78. The highest BCUT2D eigenvalue weighted by Gasteiger charge is 2.36. The van der Waals surface area contributed by atoms with Crippen LogP contribution in [0.15, 0.2) is 18.2 Å². The Morgan fingerprint density at radius 3 is 1.28 bits per heavy atom. The average Bonchev–Trinajstić information content (AvgIpc) is 2.13. The lowest BCUT2D eigenvalue weighted by Crippen LogP contribution is -2.39. The van der Waals surface area contributed by atoms with Crippen LogP contribution in [0, 0.1) is 0 Å². The van der Waals surface area contributed by atoms with Gasteiger partial charge in [0.25, 0.3) is 0 Å². The highest BCUT2D eigenvalue weighted by Crippen LogP contribution is 2.35. The second-order valence-electron chi connectivity index (χ2n) is 5.44. The molecule has 0 saturated carbocycles. The first-order valence-corrected chi connectivity index (χ1v) is 5.39. The quantitative estimate of drug-likeness (QED) is 0.527. The summed E-state index contributed by atoms with van der Waals surface area (Å²) >= 11 is 0. The lowest BCUT2D eigenvalue weighted by Gasteiger charge is -2.27. The van der Waals surface area contributed by atoms with Crippen molar-refractivity contribution in [1.82, 2.24) is 0 Å². The summed E-state index contributed by atoms with van der Waals surface area (Å²) in [6.07, 6.45) is -11.0. The molecule has 18 heavy (non-hydrogen) atoms. The molecule has 0 unspecified atom stereocenters. The van der Waals surface area contributed by atoms with Crippen molar-refractivity contribution in [2.75, 3.05) is 0 Å². The minimum absolute atomic E-state index is 0.0668. The van der Waals surface area contributed by atoms with Crippen molar-refractivity contribution in [2.24, 2.45) is 0 Å². The second kappa shape index (κ2) is 4.21. The third-order valence-corrected chi connectivity index (χ3v) is 2.61. The van der Waals surface area contributed by atoms with Gasteiger partial charge in [-0.15, -0.1) is 0 Å². The van der Waals surface area contributed by atoms with Gasteiger partial charge in [0.1, 0.15) is 0 Å². The molecule has 0 aliphatic rings. The Morgan fingerprint density at radius 1 is 0.722 bits per heavy atom. The minimum Gasteiger partial charge on any atom is -0.209 e. The van der Waals surface area contributed by atoms with E-state index in [0.29, 0.717) is 0 Å². The summed E-state index contributed by atoms with van der Waals surface area (Å²) in [5.74, 6) is 0. The molecule has 0 spiro atoms. The fourth-order valence-electron chi connectivity index (χ4n) is 1.48. The zero-order chi connectivity index (χ0) is 14.4. The largest absolute Gasteiger partial charge is 0.416 e. The Labute approximate surface area is 101 Å². The van der Waals surface area contributed by atoms with Crippen LogP contribution in [0.5, 0.6) is 0 Å². The van der Waals surface area contributed by atoms with E-state index >= 15 is 0 Å². The van der Waals surface area contributed by atoms with E-state index in [1.165, 1.54) is 0 Å². The van der Waals surface area contributed by atoms with Gasteiger partial charge in [-0.25, -0.2) is 5.46 Å². The van der Waals surface area contributed by atoms with E-state index in [-0.39, 0.29) is 11.5 Å². The summed E-state index contributed by atoms with van der Waals surface area (Å²) in [7, 11) is 0. The molecular formula is C11H12BF6-. The Morgan fingerprint density at radius 2 is 1.06 bits per heavy atom. The molecule has 0 N–H and O–H groups in total. The fourth-order valence-corrected chi connectivity index (χ4v) is 1.48. The van der Waals surface area contributed by atoms with Crippen LogP contribution in [-0.2, 0) is 12.4 Å². The van der Waals surface area contributed by atoms with Gasteiger partial charge < -0.3 is 0 Å². The highest BCUT2D eigenvalue weighted by molar-refractivity contribution is 6.88. The maximum atomic E-state index is 12.6. The van der Waals surface area contributed by atoms with E-state index in [0.717, 1.165) is 12.1 Å². The third kappa shape index (κ3) is 3.43. The SMILES string of the molecule is C[B-](C)(C)c1cc(C(F)(F)F)cc(C(F)(F)F)c1. The van der Waals surface area contributed by atoms with Crippen molar-refractivity contribution in [3.05, 3.63) is 29.3 Å². The predicted molar refractivity (Wildman–Crippen MR) is 59.4 cm³/mol. The molecule has 0 bridgehead atoms. The third-order valence-electron chi connectivity index (χ3n) is 2.61. The monoisotopic (exact) mass is 269 g/mol. The Kier molecular flexibility index (Phi) is 3.49. The van der Waals surface area contributed by atoms with Crippen LogP contribution in [-0.4, -0.2) is 6.15 Å². The number of halogens is 6. The first kappa shape index (κ1) is 14.9. The van der Waals surface area contributed by atoms with Gasteiger partial charge in [0, 0.05) is 6.15 Å². The van der Waals surface area contributed by atoms with Gasteiger partial charge in [-0.05, 0) is 6.07 Å². The molecule has 7 heteroatoms. The molecule has 0 aliphatic carbocycles. The summed E-state index contributed by atoms with van der Waals surface area (Å²) in [5, 5.41) is 0. The number of alkyl halides is 6. The van der Waals surface area contributed by atoms with Gasteiger partial charge in [0.05, 0.1) is 11.1 Å². The van der Waals surface area contributed by atoms with E-state index < -0.39 is 29.6 Å². The molecule has 0 nitrogen and oxygen atoms in total. The molecule has 0 aliphatic heterocycles. The molecule has 0 fully saturated rings. The zero-order valence-electron chi connectivity index (χ0n) is 10.1. The molecule has 1 aromatic carbocycles. The normalized spacial score (nSPS) is 13.8. The number of hydrogen-bond donors (Lipinski definition) is 0. The van der Waals surface area contributed by atoms with Gasteiger partial charge in [0.2, 0.25) is 0 Å². The van der Waals surface area contributed by atoms with E-state index in [9.17, 15) is 26.3 Å². The van der Waals surface area contributed by atoms with Crippen LogP contribution in [0.1, 0.15) is 11.1 Å². The molecule has 0 radical (unpaired) electrons. The molecule has 1 aromatic rings. The average molecular weight is 269 g/mol. The van der Waals surface area contributed by atoms with Crippen LogP contribution < -0.4 is 5.46 Å². The molecule has 0 atom stereocenters. The van der Waals surface area contributed by atoms with Crippen molar-refractivity contribution in [1.29, 1.82) is 0 Å². The number of hydrogen-bond acceptors (Lipinski definition) is 0. The van der Waals surface area contributed by atoms with Crippen molar-refractivity contribution < 1.29 is 26.3 Å². The first-order chi connectivity index (χ1) is 7.82. The second-order valence-corrected chi connectivity index (χ2v) is 5.44.